The maximum Gasteiger partial charge on any atom is 0.0709 e. The van der Waals surface area contributed by atoms with E-state index in [1.54, 1.807) is 0 Å². The second-order valence-electron chi connectivity index (χ2n) is 11.3. The molecular formula is C35H41N3. The van der Waals surface area contributed by atoms with Crippen molar-refractivity contribution in [2.75, 3.05) is 10.6 Å². The van der Waals surface area contributed by atoms with Crippen LogP contribution in [0.1, 0.15) is 91.9 Å². The fourth-order valence-corrected chi connectivity index (χ4v) is 5.84. The molecule has 5 rings (SSSR count). The number of benzene rings is 3. The van der Waals surface area contributed by atoms with Crippen LogP contribution in [0.25, 0.3) is 11.3 Å². The van der Waals surface area contributed by atoms with Crippen LogP contribution in [0.4, 0.5) is 11.4 Å². The lowest BCUT2D eigenvalue weighted by molar-refractivity contribution is 0.601. The van der Waals surface area contributed by atoms with Gasteiger partial charge in [-0.3, -0.25) is 4.98 Å². The van der Waals surface area contributed by atoms with Crippen LogP contribution in [0, 0.1) is 6.92 Å². The van der Waals surface area contributed by atoms with Gasteiger partial charge >= 0.3 is 0 Å². The van der Waals surface area contributed by atoms with Crippen LogP contribution in [0.3, 0.4) is 0 Å². The zero-order chi connectivity index (χ0) is 26.6. The molecule has 0 spiro atoms. The molecule has 1 aliphatic carbocycles. The second-order valence-corrected chi connectivity index (χ2v) is 11.3. The van der Waals surface area contributed by atoms with E-state index >= 15 is 0 Å². The standard InChI is InChI=1S/C35H41N3/c1-23(2)28-16-11-17-29(24(3)4)35(28)36-22-27-15-10-20-32(37-27)30-18-8-13-26-14-9-21-33(34(26)30)38-31-19-7-6-12-25(31)5/h6-8,10-13,15-20,23-24,33,36,38H,9,14,21-22H2,1-5H3. The smallest absolute Gasteiger partial charge is 0.0709 e. The molecule has 1 aromatic heterocycles. The second kappa shape index (κ2) is 11.4. The number of anilines is 2. The summed E-state index contributed by atoms with van der Waals surface area (Å²) in [4.78, 5) is 5.18. The fourth-order valence-electron chi connectivity index (χ4n) is 5.84. The van der Waals surface area contributed by atoms with Crippen molar-refractivity contribution in [1.82, 2.24) is 4.98 Å². The SMILES string of the molecule is Cc1ccccc1NC1CCCc2cccc(-c3cccc(CNc4c(C(C)C)cccc4C(C)C)n3)c21. The number of aryl methyl sites for hydroxylation is 2. The Hall–Kier alpha value is -3.59. The molecule has 0 fully saturated rings. The normalized spacial score (nSPS) is 15.0. The number of pyridine rings is 1. The van der Waals surface area contributed by atoms with Crippen molar-refractivity contribution >= 4 is 11.4 Å². The molecule has 38 heavy (non-hydrogen) atoms. The zero-order valence-electron chi connectivity index (χ0n) is 23.5. The molecule has 1 aliphatic rings. The molecule has 4 aromatic rings. The predicted molar refractivity (Wildman–Crippen MR) is 162 cm³/mol. The van der Waals surface area contributed by atoms with Crippen molar-refractivity contribution < 1.29 is 0 Å². The first-order valence-corrected chi connectivity index (χ1v) is 14.2. The van der Waals surface area contributed by atoms with E-state index in [2.05, 4.69) is 124 Å². The zero-order valence-corrected chi connectivity index (χ0v) is 23.5. The molecule has 3 heteroatoms. The van der Waals surface area contributed by atoms with E-state index in [0.717, 1.165) is 24.2 Å². The first-order chi connectivity index (χ1) is 18.4. The minimum atomic E-state index is 0.283. The van der Waals surface area contributed by atoms with E-state index in [0.29, 0.717) is 18.4 Å². The monoisotopic (exact) mass is 503 g/mol. The third-order valence-corrected chi connectivity index (χ3v) is 7.86. The molecule has 0 radical (unpaired) electrons. The summed E-state index contributed by atoms with van der Waals surface area (Å²) in [5, 5.41) is 7.64. The maximum absolute atomic E-state index is 5.18. The number of hydrogen-bond acceptors (Lipinski definition) is 3. The minimum Gasteiger partial charge on any atom is -0.379 e. The lowest BCUT2D eigenvalue weighted by Crippen LogP contribution is -2.19. The van der Waals surface area contributed by atoms with Gasteiger partial charge in [0, 0.05) is 16.9 Å². The molecular weight excluding hydrogens is 462 g/mol. The van der Waals surface area contributed by atoms with Gasteiger partial charge in [-0.25, -0.2) is 0 Å². The van der Waals surface area contributed by atoms with E-state index in [1.165, 1.54) is 51.2 Å². The summed E-state index contributed by atoms with van der Waals surface area (Å²) in [6, 6.07) is 28.8. The molecule has 0 amide bonds. The molecule has 0 bridgehead atoms. The first kappa shape index (κ1) is 26.0. The summed E-state index contributed by atoms with van der Waals surface area (Å²) in [5.74, 6) is 0.924. The van der Waals surface area contributed by atoms with Crippen LogP contribution in [-0.4, -0.2) is 4.98 Å². The number of nitrogens with one attached hydrogen (secondary N) is 2. The van der Waals surface area contributed by atoms with Gasteiger partial charge in [0.2, 0.25) is 0 Å². The maximum atomic E-state index is 5.18. The molecule has 3 nitrogen and oxygen atoms in total. The molecule has 0 saturated carbocycles. The highest BCUT2D eigenvalue weighted by atomic mass is 14.9. The molecule has 1 heterocycles. The molecule has 1 atom stereocenters. The van der Waals surface area contributed by atoms with E-state index in [4.69, 9.17) is 4.98 Å². The predicted octanol–water partition coefficient (Wildman–Crippen LogP) is 9.41. The Morgan fingerprint density at radius 3 is 2.26 bits per heavy atom. The molecule has 196 valence electrons. The first-order valence-electron chi connectivity index (χ1n) is 14.2. The van der Waals surface area contributed by atoms with Crippen molar-refractivity contribution in [1.29, 1.82) is 0 Å². The van der Waals surface area contributed by atoms with Gasteiger partial charge in [0.25, 0.3) is 0 Å². The highest BCUT2D eigenvalue weighted by Crippen LogP contribution is 2.39. The number of hydrogen-bond donors (Lipinski definition) is 2. The lowest BCUT2D eigenvalue weighted by atomic mass is 9.83. The number of aromatic nitrogens is 1. The van der Waals surface area contributed by atoms with Crippen LogP contribution < -0.4 is 10.6 Å². The van der Waals surface area contributed by atoms with Gasteiger partial charge in [0.05, 0.1) is 24.0 Å². The number of para-hydroxylation sites is 2. The van der Waals surface area contributed by atoms with Gasteiger partial charge in [0.15, 0.2) is 0 Å². The Morgan fingerprint density at radius 1 is 0.816 bits per heavy atom. The van der Waals surface area contributed by atoms with E-state index in [9.17, 15) is 0 Å². The van der Waals surface area contributed by atoms with Gasteiger partial charge in [-0.15, -0.1) is 0 Å². The van der Waals surface area contributed by atoms with Gasteiger partial charge < -0.3 is 10.6 Å². The van der Waals surface area contributed by atoms with Gasteiger partial charge in [-0.1, -0.05) is 88.4 Å². The Labute approximate surface area is 228 Å². The highest BCUT2D eigenvalue weighted by molar-refractivity contribution is 5.69. The van der Waals surface area contributed by atoms with Gasteiger partial charge in [-0.2, -0.15) is 0 Å². The summed E-state index contributed by atoms with van der Waals surface area (Å²) in [6.07, 6.45) is 3.45. The summed E-state index contributed by atoms with van der Waals surface area (Å²) in [5.41, 5.74) is 12.7. The Kier molecular flexibility index (Phi) is 7.83. The molecule has 2 N–H and O–H groups in total. The largest absolute Gasteiger partial charge is 0.379 e. The Morgan fingerprint density at radius 2 is 1.53 bits per heavy atom. The van der Waals surface area contributed by atoms with Crippen molar-refractivity contribution in [2.45, 2.75) is 78.3 Å². The summed E-state index contributed by atoms with van der Waals surface area (Å²) >= 11 is 0. The average molecular weight is 504 g/mol. The molecule has 1 unspecified atom stereocenters. The molecule has 0 saturated heterocycles. The number of fused-ring (bicyclic) bond motifs is 1. The highest BCUT2D eigenvalue weighted by Gasteiger charge is 2.24. The molecule has 3 aromatic carbocycles. The number of rotatable bonds is 8. The van der Waals surface area contributed by atoms with Crippen molar-refractivity contribution in [3.63, 3.8) is 0 Å². The third-order valence-electron chi connectivity index (χ3n) is 7.86. The third kappa shape index (κ3) is 5.48. The van der Waals surface area contributed by atoms with E-state index < -0.39 is 0 Å². The van der Waals surface area contributed by atoms with E-state index in [-0.39, 0.29) is 6.04 Å². The Balaban J connectivity index is 1.45. The van der Waals surface area contributed by atoms with Crippen LogP contribution in [0.15, 0.2) is 78.9 Å². The summed E-state index contributed by atoms with van der Waals surface area (Å²) in [6.45, 7) is 12.0. The van der Waals surface area contributed by atoms with Crippen molar-refractivity contribution in [3.8, 4) is 11.3 Å². The van der Waals surface area contributed by atoms with Crippen LogP contribution >= 0.6 is 0 Å². The average Bonchev–Trinajstić information content (AvgIpc) is 2.92. The number of nitrogens with zero attached hydrogens (tertiary/aromatic N) is 1. The summed E-state index contributed by atoms with van der Waals surface area (Å²) in [7, 11) is 0. The molecule has 0 aliphatic heterocycles. The van der Waals surface area contributed by atoms with Crippen LogP contribution in [0.5, 0.6) is 0 Å². The minimum absolute atomic E-state index is 0.283. The van der Waals surface area contributed by atoms with Crippen LogP contribution in [-0.2, 0) is 13.0 Å². The van der Waals surface area contributed by atoms with E-state index in [1.807, 2.05) is 0 Å². The van der Waals surface area contributed by atoms with Crippen LogP contribution in [0.2, 0.25) is 0 Å². The van der Waals surface area contributed by atoms with Gasteiger partial charge in [-0.05, 0) is 84.0 Å². The Bertz CT molecular complexity index is 1380. The lowest BCUT2D eigenvalue weighted by Gasteiger charge is -2.30. The quantitative estimate of drug-likeness (QED) is 0.251. The fraction of sp³-hybridized carbons (Fsp3) is 0.343. The van der Waals surface area contributed by atoms with Crippen molar-refractivity contribution in [3.05, 3.63) is 112 Å². The topological polar surface area (TPSA) is 37.0 Å². The van der Waals surface area contributed by atoms with Crippen molar-refractivity contribution in [2.24, 2.45) is 0 Å². The summed E-state index contributed by atoms with van der Waals surface area (Å²) < 4.78 is 0. The van der Waals surface area contributed by atoms with Gasteiger partial charge in [0.1, 0.15) is 0 Å².